The molecule has 1 N–H and O–H groups in total. The number of anilines is 1. The summed E-state index contributed by atoms with van der Waals surface area (Å²) in [6, 6.07) is 14.1. The van der Waals surface area contributed by atoms with E-state index in [-0.39, 0.29) is 17.9 Å². The fraction of sp³-hybridized carbons (Fsp3) is 0.500. The first kappa shape index (κ1) is 24.6. The molecule has 3 aliphatic heterocycles. The number of ether oxygens (including phenoxy) is 2. The monoisotopic (exact) mass is 492 g/mol. The number of hydrogen-bond donors (Lipinski definition) is 1. The first-order valence-electron chi connectivity index (χ1n) is 13.1. The summed E-state index contributed by atoms with van der Waals surface area (Å²) in [5.41, 5.74) is 3.16. The minimum atomic E-state index is 0.0137. The van der Waals surface area contributed by atoms with Gasteiger partial charge < -0.3 is 19.7 Å². The molecule has 2 amide bonds. The van der Waals surface area contributed by atoms with E-state index in [0.717, 1.165) is 80.3 Å². The number of nitrogens with zero attached hydrogens (tertiary/aromatic N) is 3. The van der Waals surface area contributed by atoms with E-state index >= 15 is 0 Å². The lowest BCUT2D eigenvalue weighted by Crippen LogP contribution is -2.51. The Morgan fingerprint density at radius 3 is 2.42 bits per heavy atom. The molecule has 0 saturated carbocycles. The lowest BCUT2D eigenvalue weighted by molar-refractivity contribution is -0.134. The van der Waals surface area contributed by atoms with Gasteiger partial charge in [0.1, 0.15) is 13.2 Å². The number of fused-ring (bicyclic) bond motifs is 1. The maximum Gasteiger partial charge on any atom is 0.238 e. The molecule has 192 valence electrons. The van der Waals surface area contributed by atoms with Crippen LogP contribution >= 0.6 is 0 Å². The van der Waals surface area contributed by atoms with Crippen molar-refractivity contribution in [3.05, 3.63) is 53.6 Å². The fourth-order valence-corrected chi connectivity index (χ4v) is 5.41. The zero-order chi connectivity index (χ0) is 24.9. The Bertz CT molecular complexity index is 1080. The summed E-state index contributed by atoms with van der Waals surface area (Å²) in [5, 5.41) is 3.06. The number of nitrogens with one attached hydrogen (secondary N) is 1. The average Bonchev–Trinajstić information content (AvgIpc) is 3.40. The van der Waals surface area contributed by atoms with Crippen molar-refractivity contribution in [2.75, 3.05) is 64.3 Å². The van der Waals surface area contributed by atoms with Gasteiger partial charge in [-0.2, -0.15) is 0 Å². The highest BCUT2D eigenvalue weighted by atomic mass is 16.6. The van der Waals surface area contributed by atoms with Crippen LogP contribution < -0.4 is 14.8 Å². The molecule has 1 atom stereocenters. The van der Waals surface area contributed by atoms with E-state index in [1.54, 1.807) is 0 Å². The van der Waals surface area contributed by atoms with Crippen LogP contribution in [0.4, 0.5) is 5.69 Å². The van der Waals surface area contributed by atoms with Gasteiger partial charge in [0.05, 0.1) is 19.1 Å². The summed E-state index contributed by atoms with van der Waals surface area (Å²) in [4.78, 5) is 32.3. The summed E-state index contributed by atoms with van der Waals surface area (Å²) in [6.45, 7) is 7.94. The minimum Gasteiger partial charge on any atom is -0.486 e. The molecule has 2 saturated heterocycles. The van der Waals surface area contributed by atoms with E-state index in [1.807, 2.05) is 41.3 Å². The van der Waals surface area contributed by atoms with Crippen molar-refractivity contribution in [3.8, 4) is 11.5 Å². The van der Waals surface area contributed by atoms with Crippen molar-refractivity contribution in [2.45, 2.75) is 32.2 Å². The number of para-hydroxylation sites is 1. The maximum absolute atomic E-state index is 13.3. The minimum absolute atomic E-state index is 0.0137. The standard InChI is InChI=1S/C28H36N4O4/c1-2-21-6-3-4-7-23(21)29-27(33)19-30-12-14-31(15-13-30)20-28(34)32-11-5-8-24(32)22-9-10-25-26(18-22)36-17-16-35-25/h3-4,6-7,9-10,18,24H,2,5,8,11-17,19-20H2,1H3,(H,29,33)/t24-/m1/s1. The van der Waals surface area contributed by atoms with E-state index in [2.05, 4.69) is 28.1 Å². The predicted octanol–water partition coefficient (Wildman–Crippen LogP) is 2.94. The average molecular weight is 493 g/mol. The molecule has 3 heterocycles. The van der Waals surface area contributed by atoms with Gasteiger partial charge >= 0.3 is 0 Å². The van der Waals surface area contributed by atoms with Gasteiger partial charge in [-0.3, -0.25) is 19.4 Å². The van der Waals surface area contributed by atoms with Crippen LogP contribution in [0.25, 0.3) is 0 Å². The summed E-state index contributed by atoms with van der Waals surface area (Å²) in [5.74, 6) is 1.74. The van der Waals surface area contributed by atoms with Crippen molar-refractivity contribution in [2.24, 2.45) is 0 Å². The second kappa shape index (κ2) is 11.3. The van der Waals surface area contributed by atoms with Crippen LogP contribution in [0.3, 0.4) is 0 Å². The summed E-state index contributed by atoms with van der Waals surface area (Å²) >= 11 is 0. The van der Waals surface area contributed by atoms with Gasteiger partial charge in [0.2, 0.25) is 11.8 Å². The molecule has 36 heavy (non-hydrogen) atoms. The van der Waals surface area contributed by atoms with Gasteiger partial charge in [-0.25, -0.2) is 0 Å². The van der Waals surface area contributed by atoms with Crippen molar-refractivity contribution >= 4 is 17.5 Å². The van der Waals surface area contributed by atoms with Crippen LogP contribution in [-0.2, 0) is 16.0 Å². The highest BCUT2D eigenvalue weighted by Gasteiger charge is 2.32. The molecule has 0 aromatic heterocycles. The number of benzene rings is 2. The molecule has 0 aliphatic carbocycles. The quantitative estimate of drug-likeness (QED) is 0.641. The molecule has 0 radical (unpaired) electrons. The van der Waals surface area contributed by atoms with E-state index in [1.165, 1.54) is 0 Å². The number of aryl methyl sites for hydroxylation is 1. The topological polar surface area (TPSA) is 74.4 Å². The number of rotatable bonds is 7. The third-order valence-corrected chi connectivity index (χ3v) is 7.39. The molecular weight excluding hydrogens is 456 g/mol. The van der Waals surface area contributed by atoms with Crippen molar-refractivity contribution in [3.63, 3.8) is 0 Å². The van der Waals surface area contributed by atoms with E-state index in [4.69, 9.17) is 9.47 Å². The number of hydrogen-bond acceptors (Lipinski definition) is 6. The second-order valence-electron chi connectivity index (χ2n) is 9.76. The third-order valence-electron chi connectivity index (χ3n) is 7.39. The lowest BCUT2D eigenvalue weighted by atomic mass is 10.0. The van der Waals surface area contributed by atoms with E-state index in [9.17, 15) is 9.59 Å². The van der Waals surface area contributed by atoms with Crippen LogP contribution in [0.15, 0.2) is 42.5 Å². The molecular formula is C28H36N4O4. The smallest absolute Gasteiger partial charge is 0.238 e. The lowest BCUT2D eigenvalue weighted by Gasteiger charge is -2.35. The highest BCUT2D eigenvalue weighted by Crippen LogP contribution is 2.38. The van der Waals surface area contributed by atoms with Gasteiger partial charge in [-0.15, -0.1) is 0 Å². The van der Waals surface area contributed by atoms with Gasteiger partial charge in [-0.05, 0) is 48.6 Å². The van der Waals surface area contributed by atoms with Crippen LogP contribution in [0.2, 0.25) is 0 Å². The van der Waals surface area contributed by atoms with Crippen molar-refractivity contribution < 1.29 is 19.1 Å². The molecule has 2 aromatic rings. The Morgan fingerprint density at radius 1 is 0.917 bits per heavy atom. The zero-order valence-electron chi connectivity index (χ0n) is 21.1. The van der Waals surface area contributed by atoms with Crippen LogP contribution in [0.5, 0.6) is 11.5 Å². The SMILES string of the molecule is CCc1ccccc1NC(=O)CN1CCN(CC(=O)N2CCC[C@@H]2c2ccc3c(c2)OCCO3)CC1. The Kier molecular flexibility index (Phi) is 7.72. The molecule has 3 aliphatic rings. The van der Waals surface area contributed by atoms with Crippen LogP contribution in [0, 0.1) is 0 Å². The number of piperazine rings is 1. The van der Waals surface area contributed by atoms with Gasteiger partial charge in [0, 0.05) is 38.4 Å². The van der Waals surface area contributed by atoms with E-state index < -0.39 is 0 Å². The highest BCUT2D eigenvalue weighted by molar-refractivity contribution is 5.93. The zero-order valence-corrected chi connectivity index (χ0v) is 21.1. The van der Waals surface area contributed by atoms with Gasteiger partial charge in [0.25, 0.3) is 0 Å². The molecule has 2 fully saturated rings. The normalized spacial score (nSPS) is 20.4. The van der Waals surface area contributed by atoms with Gasteiger partial charge in [-0.1, -0.05) is 31.2 Å². The molecule has 8 heteroatoms. The van der Waals surface area contributed by atoms with Crippen molar-refractivity contribution in [1.82, 2.24) is 14.7 Å². The summed E-state index contributed by atoms with van der Waals surface area (Å²) in [6.07, 6.45) is 2.86. The molecule has 0 unspecified atom stereocenters. The van der Waals surface area contributed by atoms with Crippen LogP contribution in [-0.4, -0.2) is 85.5 Å². The molecule has 0 spiro atoms. The Balaban J connectivity index is 1.10. The molecule has 5 rings (SSSR count). The number of amides is 2. The van der Waals surface area contributed by atoms with Gasteiger partial charge in [0.15, 0.2) is 11.5 Å². The molecule has 2 aromatic carbocycles. The second-order valence-corrected chi connectivity index (χ2v) is 9.76. The Labute approximate surface area is 213 Å². The Morgan fingerprint density at radius 2 is 1.64 bits per heavy atom. The Hall–Kier alpha value is -3.10. The number of carbonyl (C=O) groups excluding carboxylic acids is 2. The maximum atomic E-state index is 13.3. The third kappa shape index (κ3) is 5.65. The van der Waals surface area contributed by atoms with E-state index in [0.29, 0.717) is 26.3 Å². The largest absolute Gasteiger partial charge is 0.486 e. The molecule has 8 nitrogen and oxygen atoms in total. The predicted molar refractivity (Wildman–Crippen MR) is 138 cm³/mol. The summed E-state index contributed by atoms with van der Waals surface area (Å²) < 4.78 is 11.4. The van der Waals surface area contributed by atoms with Crippen molar-refractivity contribution in [1.29, 1.82) is 0 Å². The number of carbonyl (C=O) groups is 2. The summed E-state index contributed by atoms with van der Waals surface area (Å²) in [7, 11) is 0. The first-order chi connectivity index (χ1) is 17.6. The fourth-order valence-electron chi connectivity index (χ4n) is 5.41. The number of likely N-dealkylation sites (tertiary alicyclic amines) is 1. The first-order valence-corrected chi connectivity index (χ1v) is 13.1. The molecule has 0 bridgehead atoms. The van der Waals surface area contributed by atoms with Crippen LogP contribution in [0.1, 0.15) is 36.9 Å².